The van der Waals surface area contributed by atoms with Crippen LogP contribution in [0.25, 0.3) is 0 Å². The molecular formula is C16H25N3O2. The van der Waals surface area contributed by atoms with Crippen LogP contribution in [0, 0.1) is 0 Å². The molecule has 0 aliphatic carbocycles. The number of hydrogen-bond donors (Lipinski definition) is 2. The van der Waals surface area contributed by atoms with Crippen molar-refractivity contribution in [3.63, 3.8) is 0 Å². The van der Waals surface area contributed by atoms with Crippen molar-refractivity contribution < 1.29 is 9.53 Å². The monoisotopic (exact) mass is 291 g/mol. The van der Waals surface area contributed by atoms with E-state index >= 15 is 0 Å². The smallest absolute Gasteiger partial charge is 0.220 e. The first-order valence-electron chi connectivity index (χ1n) is 7.62. The summed E-state index contributed by atoms with van der Waals surface area (Å²) in [5, 5.41) is 2.91. The molecule has 0 atom stereocenters. The number of amides is 1. The number of nitrogens with zero attached hydrogens (tertiary/aromatic N) is 1. The fraction of sp³-hybridized carbons (Fsp3) is 0.562. The Morgan fingerprint density at radius 1 is 1.19 bits per heavy atom. The van der Waals surface area contributed by atoms with Gasteiger partial charge in [-0.3, -0.25) is 9.69 Å². The van der Waals surface area contributed by atoms with E-state index in [2.05, 4.69) is 34.5 Å². The van der Waals surface area contributed by atoms with Gasteiger partial charge in [0, 0.05) is 32.6 Å². The third-order valence-electron chi connectivity index (χ3n) is 3.63. The summed E-state index contributed by atoms with van der Waals surface area (Å²) in [6.07, 6.45) is 1.25. The molecule has 2 rings (SSSR count). The van der Waals surface area contributed by atoms with Gasteiger partial charge in [0.2, 0.25) is 5.91 Å². The van der Waals surface area contributed by atoms with Crippen molar-refractivity contribution >= 4 is 5.91 Å². The van der Waals surface area contributed by atoms with Gasteiger partial charge in [0.25, 0.3) is 0 Å². The molecule has 21 heavy (non-hydrogen) atoms. The first-order valence-corrected chi connectivity index (χ1v) is 7.62. The van der Waals surface area contributed by atoms with Gasteiger partial charge < -0.3 is 15.8 Å². The zero-order valence-corrected chi connectivity index (χ0v) is 12.5. The topological polar surface area (TPSA) is 67.6 Å². The predicted octanol–water partition coefficient (Wildman–Crippen LogP) is 0.874. The second-order valence-electron chi connectivity index (χ2n) is 5.37. The fourth-order valence-corrected chi connectivity index (χ4v) is 2.33. The van der Waals surface area contributed by atoms with Crippen LogP contribution in [0.15, 0.2) is 24.3 Å². The van der Waals surface area contributed by atoms with E-state index in [-0.39, 0.29) is 5.91 Å². The van der Waals surface area contributed by atoms with E-state index in [1.807, 2.05) is 0 Å². The van der Waals surface area contributed by atoms with E-state index in [1.54, 1.807) is 0 Å². The molecule has 1 amide bonds. The predicted molar refractivity (Wildman–Crippen MR) is 82.7 cm³/mol. The number of morpholine rings is 1. The summed E-state index contributed by atoms with van der Waals surface area (Å²) in [5.74, 6) is 0.0674. The summed E-state index contributed by atoms with van der Waals surface area (Å²) in [6.45, 7) is 5.76. The van der Waals surface area contributed by atoms with Gasteiger partial charge in [-0.05, 0) is 24.1 Å². The minimum Gasteiger partial charge on any atom is -0.379 e. The van der Waals surface area contributed by atoms with Crippen LogP contribution in [0.4, 0.5) is 0 Å². The summed E-state index contributed by atoms with van der Waals surface area (Å²) < 4.78 is 5.35. The molecule has 0 spiro atoms. The zero-order valence-electron chi connectivity index (χ0n) is 12.5. The summed E-state index contributed by atoms with van der Waals surface area (Å²) in [6, 6.07) is 8.44. The number of carbonyl (C=O) groups excluding carboxylic acids is 1. The first kappa shape index (κ1) is 15.9. The maximum Gasteiger partial charge on any atom is 0.220 e. The van der Waals surface area contributed by atoms with Crippen molar-refractivity contribution in [1.82, 2.24) is 10.2 Å². The van der Waals surface area contributed by atoms with Gasteiger partial charge in [-0.1, -0.05) is 24.3 Å². The molecule has 116 valence electrons. The molecule has 0 radical (unpaired) electrons. The zero-order chi connectivity index (χ0) is 14.9. The Hall–Kier alpha value is -1.43. The van der Waals surface area contributed by atoms with E-state index in [4.69, 9.17) is 10.5 Å². The Balaban J connectivity index is 1.74. The molecule has 5 heteroatoms. The van der Waals surface area contributed by atoms with Crippen LogP contribution in [0.2, 0.25) is 0 Å². The van der Waals surface area contributed by atoms with Crippen molar-refractivity contribution in [2.45, 2.75) is 25.9 Å². The Kier molecular flexibility index (Phi) is 6.66. The second-order valence-corrected chi connectivity index (χ2v) is 5.37. The molecule has 1 aromatic carbocycles. The first-order chi connectivity index (χ1) is 10.3. The third-order valence-corrected chi connectivity index (χ3v) is 3.63. The maximum atomic E-state index is 11.5. The minimum atomic E-state index is 0.0674. The Morgan fingerprint density at radius 3 is 2.52 bits per heavy atom. The highest BCUT2D eigenvalue weighted by atomic mass is 16.5. The van der Waals surface area contributed by atoms with E-state index in [9.17, 15) is 4.79 Å². The van der Waals surface area contributed by atoms with Crippen LogP contribution >= 0.6 is 0 Å². The lowest BCUT2D eigenvalue weighted by atomic mass is 10.1. The van der Waals surface area contributed by atoms with Crippen molar-refractivity contribution in [3.05, 3.63) is 35.4 Å². The Morgan fingerprint density at radius 2 is 1.86 bits per heavy atom. The SMILES string of the molecule is NCCCC(=O)NCc1ccc(CN2CCOCC2)cc1. The number of nitrogens with two attached hydrogens (primary N) is 1. The normalized spacial score (nSPS) is 15.9. The average Bonchev–Trinajstić information content (AvgIpc) is 2.53. The van der Waals surface area contributed by atoms with Crippen LogP contribution in [0.5, 0.6) is 0 Å². The van der Waals surface area contributed by atoms with E-state index < -0.39 is 0 Å². The lowest BCUT2D eigenvalue weighted by Gasteiger charge is -2.26. The molecule has 1 aromatic rings. The minimum absolute atomic E-state index is 0.0674. The summed E-state index contributed by atoms with van der Waals surface area (Å²) in [4.78, 5) is 13.9. The summed E-state index contributed by atoms with van der Waals surface area (Å²) in [7, 11) is 0. The molecule has 1 heterocycles. The number of benzene rings is 1. The molecular weight excluding hydrogens is 266 g/mol. The molecule has 1 aliphatic rings. The van der Waals surface area contributed by atoms with Crippen LogP contribution in [-0.2, 0) is 22.6 Å². The molecule has 1 saturated heterocycles. The van der Waals surface area contributed by atoms with Crippen molar-refractivity contribution in [2.75, 3.05) is 32.8 Å². The Labute approximate surface area is 126 Å². The number of rotatable bonds is 7. The van der Waals surface area contributed by atoms with E-state index in [0.717, 1.165) is 44.8 Å². The Bertz CT molecular complexity index is 428. The van der Waals surface area contributed by atoms with Crippen molar-refractivity contribution in [1.29, 1.82) is 0 Å². The maximum absolute atomic E-state index is 11.5. The largest absolute Gasteiger partial charge is 0.379 e. The number of carbonyl (C=O) groups is 1. The number of nitrogens with one attached hydrogen (secondary N) is 1. The van der Waals surface area contributed by atoms with E-state index in [1.165, 1.54) is 5.56 Å². The standard InChI is InChI=1S/C16H25N3O2/c17-7-1-2-16(20)18-12-14-3-5-15(6-4-14)13-19-8-10-21-11-9-19/h3-6H,1-2,7-13,17H2,(H,18,20). The van der Waals surface area contributed by atoms with Crippen LogP contribution in [-0.4, -0.2) is 43.7 Å². The molecule has 0 unspecified atom stereocenters. The molecule has 1 aliphatic heterocycles. The summed E-state index contributed by atoms with van der Waals surface area (Å²) in [5.41, 5.74) is 7.81. The lowest BCUT2D eigenvalue weighted by Crippen LogP contribution is -2.35. The van der Waals surface area contributed by atoms with Crippen molar-refractivity contribution in [2.24, 2.45) is 5.73 Å². The molecule has 0 saturated carbocycles. The molecule has 1 fully saturated rings. The fourth-order valence-electron chi connectivity index (χ4n) is 2.33. The average molecular weight is 291 g/mol. The highest BCUT2D eigenvalue weighted by Crippen LogP contribution is 2.09. The van der Waals surface area contributed by atoms with Gasteiger partial charge in [0.05, 0.1) is 13.2 Å². The third kappa shape index (κ3) is 5.83. The summed E-state index contributed by atoms with van der Waals surface area (Å²) >= 11 is 0. The quantitative estimate of drug-likeness (QED) is 0.782. The van der Waals surface area contributed by atoms with Gasteiger partial charge in [0.1, 0.15) is 0 Å². The van der Waals surface area contributed by atoms with Crippen LogP contribution in [0.1, 0.15) is 24.0 Å². The van der Waals surface area contributed by atoms with Crippen LogP contribution in [0.3, 0.4) is 0 Å². The molecule has 5 nitrogen and oxygen atoms in total. The van der Waals surface area contributed by atoms with Gasteiger partial charge in [-0.15, -0.1) is 0 Å². The second kappa shape index (κ2) is 8.77. The number of ether oxygens (including phenoxy) is 1. The van der Waals surface area contributed by atoms with Gasteiger partial charge in [0.15, 0.2) is 0 Å². The van der Waals surface area contributed by atoms with Crippen molar-refractivity contribution in [3.8, 4) is 0 Å². The highest BCUT2D eigenvalue weighted by molar-refractivity contribution is 5.75. The molecule has 0 bridgehead atoms. The highest BCUT2D eigenvalue weighted by Gasteiger charge is 2.10. The van der Waals surface area contributed by atoms with Gasteiger partial charge in [-0.2, -0.15) is 0 Å². The van der Waals surface area contributed by atoms with Crippen LogP contribution < -0.4 is 11.1 Å². The lowest BCUT2D eigenvalue weighted by molar-refractivity contribution is -0.121. The molecule has 3 N–H and O–H groups in total. The van der Waals surface area contributed by atoms with Gasteiger partial charge >= 0.3 is 0 Å². The number of hydrogen-bond acceptors (Lipinski definition) is 4. The van der Waals surface area contributed by atoms with Gasteiger partial charge in [-0.25, -0.2) is 0 Å². The van der Waals surface area contributed by atoms with E-state index in [0.29, 0.717) is 19.5 Å². The molecule has 0 aromatic heterocycles.